The van der Waals surface area contributed by atoms with Crippen molar-refractivity contribution >= 4 is 9.84 Å². The fraction of sp³-hybridized carbons (Fsp3) is 1.00. The highest BCUT2D eigenvalue weighted by Crippen LogP contribution is 2.28. The van der Waals surface area contributed by atoms with Crippen molar-refractivity contribution in [3.63, 3.8) is 0 Å². The Kier molecular flexibility index (Phi) is 3.95. The summed E-state index contributed by atoms with van der Waals surface area (Å²) in [5.41, 5.74) is 0.198. The van der Waals surface area contributed by atoms with Crippen molar-refractivity contribution in [2.45, 2.75) is 45.1 Å². The Hall–Kier alpha value is -0.0900. The monoisotopic (exact) mass is 219 g/mol. The van der Waals surface area contributed by atoms with Gasteiger partial charge in [0.2, 0.25) is 0 Å². The van der Waals surface area contributed by atoms with Gasteiger partial charge >= 0.3 is 0 Å². The molecule has 1 N–H and O–H groups in total. The van der Waals surface area contributed by atoms with Crippen molar-refractivity contribution in [2.24, 2.45) is 0 Å². The number of rotatable bonds is 5. The van der Waals surface area contributed by atoms with Crippen molar-refractivity contribution in [1.82, 2.24) is 5.32 Å². The van der Waals surface area contributed by atoms with Crippen LogP contribution in [0, 0.1) is 0 Å². The molecule has 14 heavy (non-hydrogen) atoms. The molecule has 4 heteroatoms. The van der Waals surface area contributed by atoms with Gasteiger partial charge in [-0.25, -0.2) is 8.42 Å². The predicted molar refractivity (Wildman–Crippen MR) is 59.2 cm³/mol. The van der Waals surface area contributed by atoms with Gasteiger partial charge in [-0.3, -0.25) is 0 Å². The van der Waals surface area contributed by atoms with Crippen LogP contribution in [-0.2, 0) is 9.84 Å². The summed E-state index contributed by atoms with van der Waals surface area (Å²) in [5.74, 6) is 0.532. The van der Waals surface area contributed by atoms with Crippen molar-refractivity contribution in [1.29, 1.82) is 0 Å². The maximum atomic E-state index is 11.2. The number of hydrogen-bond donors (Lipinski definition) is 1. The molecule has 1 aliphatic carbocycles. The first kappa shape index (κ1) is 12.0. The quantitative estimate of drug-likeness (QED) is 0.759. The summed E-state index contributed by atoms with van der Waals surface area (Å²) in [5, 5.41) is 3.37. The summed E-state index contributed by atoms with van der Waals surface area (Å²) in [6, 6.07) is 0. The highest BCUT2D eigenvalue weighted by molar-refractivity contribution is 7.91. The van der Waals surface area contributed by atoms with Crippen LogP contribution in [0.15, 0.2) is 0 Å². The lowest BCUT2D eigenvalue weighted by Gasteiger charge is -2.25. The molecule has 0 spiro atoms. The third kappa shape index (κ3) is 3.58. The predicted octanol–water partition coefficient (Wildman–Crippen LogP) is 1.34. The highest BCUT2D eigenvalue weighted by Gasteiger charge is 2.27. The molecule has 3 nitrogen and oxygen atoms in total. The van der Waals surface area contributed by atoms with E-state index < -0.39 is 9.84 Å². The van der Waals surface area contributed by atoms with Gasteiger partial charge in [0.25, 0.3) is 0 Å². The van der Waals surface area contributed by atoms with Gasteiger partial charge in [-0.15, -0.1) is 0 Å². The first-order chi connectivity index (χ1) is 6.47. The first-order valence-corrected chi connectivity index (χ1v) is 7.25. The van der Waals surface area contributed by atoms with E-state index in [9.17, 15) is 8.42 Å². The molecule has 1 rings (SSSR count). The van der Waals surface area contributed by atoms with Crippen LogP contribution in [-0.4, -0.2) is 32.0 Å². The van der Waals surface area contributed by atoms with Crippen molar-refractivity contribution in [3.05, 3.63) is 0 Å². The largest absolute Gasteiger partial charge is 0.311 e. The molecule has 1 fully saturated rings. The molecule has 0 aromatic rings. The molecule has 0 heterocycles. The lowest BCUT2D eigenvalue weighted by atomic mass is 10.0. The van der Waals surface area contributed by atoms with Gasteiger partial charge in [-0.2, -0.15) is 0 Å². The molecular weight excluding hydrogens is 198 g/mol. The average Bonchev–Trinajstić information content (AvgIpc) is 2.52. The second-order valence-electron chi connectivity index (χ2n) is 4.43. The summed E-state index contributed by atoms with van der Waals surface area (Å²) in [7, 11) is -2.80. The Labute approximate surface area is 87.2 Å². The fourth-order valence-corrected chi connectivity index (χ4v) is 2.69. The number of sulfone groups is 1. The summed E-state index contributed by atoms with van der Waals surface area (Å²) < 4.78 is 22.5. The lowest BCUT2D eigenvalue weighted by molar-refractivity contribution is 0.375. The van der Waals surface area contributed by atoms with Gasteiger partial charge in [-0.05, 0) is 19.8 Å². The first-order valence-electron chi connectivity index (χ1n) is 5.43. The van der Waals surface area contributed by atoms with Crippen LogP contribution in [0.1, 0.15) is 39.5 Å². The topological polar surface area (TPSA) is 46.2 Å². The minimum Gasteiger partial charge on any atom is -0.311 e. The molecule has 0 aromatic carbocycles. The maximum Gasteiger partial charge on any atom is 0.151 e. The highest BCUT2D eigenvalue weighted by atomic mass is 32.2. The molecular formula is C10H21NO2S. The summed E-state index contributed by atoms with van der Waals surface area (Å²) in [4.78, 5) is 0. The van der Waals surface area contributed by atoms with Crippen molar-refractivity contribution < 1.29 is 8.42 Å². The molecule has 0 saturated heterocycles. The molecule has 0 aromatic heterocycles. The van der Waals surface area contributed by atoms with Gasteiger partial charge in [0.1, 0.15) is 0 Å². The molecule has 0 atom stereocenters. The summed E-state index contributed by atoms with van der Waals surface area (Å²) in [6.45, 7) is 4.50. The van der Waals surface area contributed by atoms with Crippen LogP contribution in [0.2, 0.25) is 0 Å². The van der Waals surface area contributed by atoms with Crippen molar-refractivity contribution in [3.8, 4) is 0 Å². The summed E-state index contributed by atoms with van der Waals surface area (Å²) >= 11 is 0. The Bertz CT molecular complexity index is 266. The standard InChI is InChI=1S/C10H21NO2S/c1-3-14(12,13)9-8-11-10(2)6-4-5-7-10/h11H,3-9H2,1-2H3. The van der Waals surface area contributed by atoms with E-state index in [1.807, 2.05) is 0 Å². The van der Waals surface area contributed by atoms with E-state index in [4.69, 9.17) is 0 Å². The van der Waals surface area contributed by atoms with Gasteiger partial charge in [0, 0.05) is 17.8 Å². The molecule has 0 unspecified atom stereocenters. The zero-order valence-electron chi connectivity index (χ0n) is 9.17. The third-order valence-corrected chi connectivity index (χ3v) is 4.82. The van der Waals surface area contributed by atoms with E-state index >= 15 is 0 Å². The zero-order valence-corrected chi connectivity index (χ0v) is 9.99. The van der Waals surface area contributed by atoms with Crippen LogP contribution in [0.4, 0.5) is 0 Å². The van der Waals surface area contributed by atoms with E-state index in [0.29, 0.717) is 6.54 Å². The Balaban J connectivity index is 2.27. The van der Waals surface area contributed by atoms with Gasteiger partial charge in [0.05, 0.1) is 5.75 Å². The SMILES string of the molecule is CCS(=O)(=O)CCNC1(C)CCCC1. The molecule has 0 bridgehead atoms. The number of hydrogen-bond acceptors (Lipinski definition) is 3. The second kappa shape index (κ2) is 4.62. The minimum atomic E-state index is -2.80. The van der Waals surface area contributed by atoms with Crippen LogP contribution in [0.3, 0.4) is 0 Å². The van der Waals surface area contributed by atoms with Crippen molar-refractivity contribution in [2.75, 3.05) is 18.1 Å². The molecule has 0 amide bonds. The molecule has 1 saturated carbocycles. The normalized spacial score (nSPS) is 21.3. The van der Waals surface area contributed by atoms with Crippen LogP contribution >= 0.6 is 0 Å². The van der Waals surface area contributed by atoms with E-state index in [1.54, 1.807) is 6.92 Å². The third-order valence-electron chi connectivity index (χ3n) is 3.11. The van der Waals surface area contributed by atoms with E-state index in [2.05, 4.69) is 12.2 Å². The number of nitrogens with one attached hydrogen (secondary N) is 1. The molecule has 0 radical (unpaired) electrons. The second-order valence-corrected chi connectivity index (χ2v) is 6.90. The van der Waals surface area contributed by atoms with E-state index in [-0.39, 0.29) is 17.0 Å². The molecule has 0 aliphatic heterocycles. The van der Waals surface area contributed by atoms with Crippen LogP contribution in [0.5, 0.6) is 0 Å². The maximum absolute atomic E-state index is 11.2. The average molecular weight is 219 g/mol. The lowest BCUT2D eigenvalue weighted by Crippen LogP contribution is -2.42. The van der Waals surface area contributed by atoms with E-state index in [1.165, 1.54) is 25.7 Å². The molecule has 1 aliphatic rings. The molecule has 84 valence electrons. The van der Waals surface area contributed by atoms with Gasteiger partial charge in [0.15, 0.2) is 9.84 Å². The fourth-order valence-electron chi connectivity index (χ4n) is 1.98. The van der Waals surface area contributed by atoms with Gasteiger partial charge < -0.3 is 5.32 Å². The minimum absolute atomic E-state index is 0.198. The summed E-state index contributed by atoms with van der Waals surface area (Å²) in [6.07, 6.45) is 4.90. The Morgan fingerprint density at radius 2 is 1.86 bits per heavy atom. The van der Waals surface area contributed by atoms with Crippen LogP contribution < -0.4 is 5.32 Å². The van der Waals surface area contributed by atoms with E-state index in [0.717, 1.165) is 0 Å². The Morgan fingerprint density at radius 1 is 1.29 bits per heavy atom. The van der Waals surface area contributed by atoms with Crippen LogP contribution in [0.25, 0.3) is 0 Å². The zero-order chi connectivity index (χ0) is 10.7. The van der Waals surface area contributed by atoms with Gasteiger partial charge in [-0.1, -0.05) is 19.8 Å². The smallest absolute Gasteiger partial charge is 0.151 e. The Morgan fingerprint density at radius 3 is 2.36 bits per heavy atom.